The Labute approximate surface area is 147 Å². The Bertz CT molecular complexity index is 680. The molecule has 7 heteroatoms. The Kier molecular flexibility index (Phi) is 6.56. The van der Waals surface area contributed by atoms with Crippen molar-refractivity contribution >= 4 is 11.9 Å². The van der Waals surface area contributed by atoms with E-state index in [0.29, 0.717) is 18.7 Å². The van der Waals surface area contributed by atoms with Gasteiger partial charge in [0.25, 0.3) is 5.91 Å². The van der Waals surface area contributed by atoms with Crippen LogP contribution in [0.5, 0.6) is 0 Å². The van der Waals surface area contributed by atoms with Crippen LogP contribution in [0.3, 0.4) is 0 Å². The van der Waals surface area contributed by atoms with Crippen LogP contribution in [-0.4, -0.2) is 33.8 Å². The number of carbonyl (C=O) groups excluding carboxylic acids is 2. The third kappa shape index (κ3) is 6.29. The molecule has 0 aliphatic carbocycles. The molecule has 0 aliphatic heterocycles. The van der Waals surface area contributed by atoms with Crippen molar-refractivity contribution < 1.29 is 9.59 Å². The van der Waals surface area contributed by atoms with Gasteiger partial charge in [-0.2, -0.15) is 5.10 Å². The van der Waals surface area contributed by atoms with E-state index in [1.807, 2.05) is 45.2 Å². The van der Waals surface area contributed by atoms with Gasteiger partial charge in [-0.05, 0) is 44.5 Å². The molecule has 1 atom stereocenters. The third-order valence-corrected chi connectivity index (χ3v) is 3.49. The maximum absolute atomic E-state index is 12.3. The van der Waals surface area contributed by atoms with Crippen molar-refractivity contribution in [3.05, 3.63) is 53.9 Å². The Morgan fingerprint density at radius 3 is 2.44 bits per heavy atom. The number of urea groups is 1. The van der Waals surface area contributed by atoms with Crippen LogP contribution < -0.4 is 16.0 Å². The van der Waals surface area contributed by atoms with Crippen LogP contribution >= 0.6 is 0 Å². The lowest BCUT2D eigenvalue weighted by Gasteiger charge is -2.14. The number of nitrogens with one attached hydrogen (secondary N) is 3. The lowest BCUT2D eigenvalue weighted by Crippen LogP contribution is -2.39. The minimum atomic E-state index is -0.204. The second kappa shape index (κ2) is 8.86. The van der Waals surface area contributed by atoms with E-state index in [1.54, 1.807) is 23.0 Å². The highest BCUT2D eigenvalue weighted by Crippen LogP contribution is 2.05. The molecule has 0 aliphatic rings. The first-order valence-corrected chi connectivity index (χ1v) is 8.35. The summed E-state index contributed by atoms with van der Waals surface area (Å²) in [6, 6.07) is 8.89. The number of nitrogens with zero attached hydrogens (tertiary/aromatic N) is 2. The average molecular weight is 343 g/mol. The number of hydrogen-bond acceptors (Lipinski definition) is 3. The highest BCUT2D eigenvalue weighted by Gasteiger charge is 2.10. The number of amides is 3. The largest absolute Gasteiger partial charge is 0.348 e. The van der Waals surface area contributed by atoms with Crippen LogP contribution in [0.2, 0.25) is 0 Å². The lowest BCUT2D eigenvalue weighted by atomic mass is 10.1. The predicted octanol–water partition coefficient (Wildman–Crippen LogP) is 1.91. The van der Waals surface area contributed by atoms with Crippen molar-refractivity contribution in [2.24, 2.45) is 0 Å². The molecular weight excluding hydrogens is 318 g/mol. The first-order valence-electron chi connectivity index (χ1n) is 8.35. The summed E-state index contributed by atoms with van der Waals surface area (Å²) in [4.78, 5) is 23.8. The molecule has 1 aromatic heterocycles. The van der Waals surface area contributed by atoms with Crippen molar-refractivity contribution in [2.45, 2.75) is 45.9 Å². The standard InChI is InChI=1S/C18H25N5O2/c1-13(2)21-18(25)19-11-15-5-7-16(8-6-15)17(24)22-14(3)12-23-10-4-9-20-23/h4-10,13-14H,11-12H2,1-3H3,(H,22,24)(H2,19,21,25)/t14-/m1/s1. The summed E-state index contributed by atoms with van der Waals surface area (Å²) in [6.45, 7) is 6.77. The van der Waals surface area contributed by atoms with E-state index >= 15 is 0 Å². The number of hydrogen-bond donors (Lipinski definition) is 3. The summed E-state index contributed by atoms with van der Waals surface area (Å²) < 4.78 is 1.78. The zero-order valence-electron chi connectivity index (χ0n) is 14.8. The molecule has 3 amide bonds. The van der Waals surface area contributed by atoms with Crippen molar-refractivity contribution in [3.63, 3.8) is 0 Å². The summed E-state index contributed by atoms with van der Waals surface area (Å²) in [6.07, 6.45) is 3.57. The molecule has 0 fully saturated rings. The molecule has 7 nitrogen and oxygen atoms in total. The van der Waals surface area contributed by atoms with Gasteiger partial charge in [-0.15, -0.1) is 0 Å². The molecule has 2 aromatic rings. The summed E-state index contributed by atoms with van der Waals surface area (Å²) in [7, 11) is 0. The van der Waals surface area contributed by atoms with Gasteiger partial charge < -0.3 is 16.0 Å². The van der Waals surface area contributed by atoms with E-state index in [-0.39, 0.29) is 24.0 Å². The van der Waals surface area contributed by atoms with Crippen LogP contribution in [0.1, 0.15) is 36.7 Å². The second-order valence-electron chi connectivity index (χ2n) is 6.28. The SMILES string of the molecule is CC(C)NC(=O)NCc1ccc(C(=O)N[C@H](C)Cn2cccn2)cc1. The van der Waals surface area contributed by atoms with Gasteiger partial charge in [0.2, 0.25) is 0 Å². The van der Waals surface area contributed by atoms with Crippen LogP contribution in [0.25, 0.3) is 0 Å². The Balaban J connectivity index is 1.82. The highest BCUT2D eigenvalue weighted by atomic mass is 16.2. The molecule has 3 N–H and O–H groups in total. The van der Waals surface area contributed by atoms with Gasteiger partial charge in [0.1, 0.15) is 0 Å². The van der Waals surface area contributed by atoms with Crippen molar-refractivity contribution in [2.75, 3.05) is 0 Å². The Morgan fingerprint density at radius 1 is 1.12 bits per heavy atom. The minimum Gasteiger partial charge on any atom is -0.348 e. The predicted molar refractivity (Wildman–Crippen MR) is 96.1 cm³/mol. The fourth-order valence-corrected chi connectivity index (χ4v) is 2.31. The summed E-state index contributed by atoms with van der Waals surface area (Å²) >= 11 is 0. The molecule has 0 radical (unpaired) electrons. The van der Waals surface area contributed by atoms with Gasteiger partial charge in [0, 0.05) is 36.6 Å². The van der Waals surface area contributed by atoms with Crippen LogP contribution in [0.4, 0.5) is 4.79 Å². The first kappa shape index (κ1) is 18.5. The van der Waals surface area contributed by atoms with Gasteiger partial charge in [-0.25, -0.2) is 4.79 Å². The molecule has 0 saturated carbocycles. The van der Waals surface area contributed by atoms with Crippen LogP contribution in [-0.2, 0) is 13.1 Å². The molecule has 134 valence electrons. The third-order valence-electron chi connectivity index (χ3n) is 3.49. The molecular formula is C18H25N5O2. The quantitative estimate of drug-likeness (QED) is 0.717. The molecule has 0 saturated heterocycles. The number of benzene rings is 1. The molecule has 0 spiro atoms. The van der Waals surface area contributed by atoms with E-state index in [0.717, 1.165) is 5.56 Å². The molecule has 0 bridgehead atoms. The smallest absolute Gasteiger partial charge is 0.315 e. The summed E-state index contributed by atoms with van der Waals surface area (Å²) in [5.41, 5.74) is 1.52. The summed E-state index contributed by atoms with van der Waals surface area (Å²) in [5.74, 6) is -0.128. The average Bonchev–Trinajstić information content (AvgIpc) is 3.05. The molecule has 1 heterocycles. The fourth-order valence-electron chi connectivity index (χ4n) is 2.31. The van der Waals surface area contributed by atoms with Crippen molar-refractivity contribution in [1.29, 1.82) is 0 Å². The minimum absolute atomic E-state index is 0.0338. The lowest BCUT2D eigenvalue weighted by molar-refractivity contribution is 0.0936. The molecule has 0 unspecified atom stereocenters. The zero-order chi connectivity index (χ0) is 18.2. The maximum Gasteiger partial charge on any atom is 0.315 e. The summed E-state index contributed by atoms with van der Waals surface area (Å²) in [5, 5.41) is 12.6. The van der Waals surface area contributed by atoms with Gasteiger partial charge in [0.05, 0.1) is 6.54 Å². The van der Waals surface area contributed by atoms with E-state index < -0.39 is 0 Å². The maximum atomic E-state index is 12.3. The Morgan fingerprint density at radius 2 is 1.84 bits per heavy atom. The van der Waals surface area contributed by atoms with Gasteiger partial charge in [-0.3, -0.25) is 9.48 Å². The van der Waals surface area contributed by atoms with Gasteiger partial charge >= 0.3 is 6.03 Å². The molecule has 25 heavy (non-hydrogen) atoms. The van der Waals surface area contributed by atoms with E-state index in [2.05, 4.69) is 21.0 Å². The first-order chi connectivity index (χ1) is 11.9. The number of aromatic nitrogens is 2. The van der Waals surface area contributed by atoms with E-state index in [4.69, 9.17) is 0 Å². The highest BCUT2D eigenvalue weighted by molar-refractivity contribution is 5.94. The fraction of sp³-hybridized carbons (Fsp3) is 0.389. The Hall–Kier alpha value is -2.83. The van der Waals surface area contributed by atoms with Crippen molar-refractivity contribution in [3.8, 4) is 0 Å². The topological polar surface area (TPSA) is 88.0 Å². The second-order valence-corrected chi connectivity index (χ2v) is 6.28. The monoisotopic (exact) mass is 343 g/mol. The van der Waals surface area contributed by atoms with Gasteiger partial charge in [0.15, 0.2) is 0 Å². The zero-order valence-corrected chi connectivity index (χ0v) is 14.8. The molecule has 1 aromatic carbocycles. The van der Waals surface area contributed by atoms with Crippen LogP contribution in [0.15, 0.2) is 42.7 Å². The van der Waals surface area contributed by atoms with E-state index in [9.17, 15) is 9.59 Å². The number of carbonyl (C=O) groups is 2. The number of rotatable bonds is 7. The van der Waals surface area contributed by atoms with Crippen LogP contribution in [0, 0.1) is 0 Å². The molecule has 2 rings (SSSR count). The van der Waals surface area contributed by atoms with E-state index in [1.165, 1.54) is 0 Å². The normalized spacial score (nSPS) is 11.8. The van der Waals surface area contributed by atoms with Gasteiger partial charge in [-0.1, -0.05) is 12.1 Å². The van der Waals surface area contributed by atoms with Crippen molar-refractivity contribution in [1.82, 2.24) is 25.7 Å².